The smallest absolute Gasteiger partial charge is 0.0945 e. The molecule has 0 spiro atoms. The fourth-order valence-corrected chi connectivity index (χ4v) is 1.99. The molecule has 2 rings (SSSR count). The van der Waals surface area contributed by atoms with Crippen LogP contribution in [0.25, 0.3) is 0 Å². The molecule has 4 heteroatoms. The highest BCUT2D eigenvalue weighted by atomic mass is 35.5. The van der Waals surface area contributed by atoms with Gasteiger partial charge in [0.15, 0.2) is 0 Å². The molecule has 0 aliphatic heterocycles. The van der Waals surface area contributed by atoms with Gasteiger partial charge in [-0.25, -0.2) is 4.98 Å². The first-order valence-electron chi connectivity index (χ1n) is 6.20. The Morgan fingerprint density at radius 2 is 2.11 bits per heavy atom. The van der Waals surface area contributed by atoms with E-state index in [2.05, 4.69) is 33.9 Å². The maximum Gasteiger partial charge on any atom is 0.0945 e. The standard InChI is InChI=1S/C14H18ClN3/c1-12(13-3-5-14(15)6-4-13)17-7-2-9-18-10-8-16-11-18/h3-6,8,10-12,17H,2,7,9H2,1H3. The zero-order valence-electron chi connectivity index (χ0n) is 10.5. The van der Waals surface area contributed by atoms with Crippen molar-refractivity contribution in [1.82, 2.24) is 14.9 Å². The lowest BCUT2D eigenvalue weighted by atomic mass is 10.1. The average molecular weight is 264 g/mol. The van der Waals surface area contributed by atoms with Crippen LogP contribution in [0.1, 0.15) is 24.9 Å². The number of nitrogens with one attached hydrogen (secondary N) is 1. The maximum atomic E-state index is 5.87. The van der Waals surface area contributed by atoms with Crippen molar-refractivity contribution in [3.63, 3.8) is 0 Å². The second kappa shape index (κ2) is 6.57. The third-order valence-electron chi connectivity index (χ3n) is 2.97. The van der Waals surface area contributed by atoms with Crippen molar-refractivity contribution in [2.24, 2.45) is 0 Å². The van der Waals surface area contributed by atoms with Crippen molar-refractivity contribution < 1.29 is 0 Å². The zero-order chi connectivity index (χ0) is 12.8. The highest BCUT2D eigenvalue weighted by molar-refractivity contribution is 6.30. The second-order valence-electron chi connectivity index (χ2n) is 4.38. The molecule has 96 valence electrons. The van der Waals surface area contributed by atoms with Gasteiger partial charge in [0, 0.05) is 30.0 Å². The molecule has 1 N–H and O–H groups in total. The summed E-state index contributed by atoms with van der Waals surface area (Å²) in [7, 11) is 0. The lowest BCUT2D eigenvalue weighted by molar-refractivity contribution is 0.526. The normalized spacial score (nSPS) is 12.6. The number of nitrogens with zero attached hydrogens (tertiary/aromatic N) is 2. The molecule has 0 saturated heterocycles. The Kier molecular flexibility index (Phi) is 4.79. The van der Waals surface area contributed by atoms with Crippen LogP contribution in [0.5, 0.6) is 0 Å². The predicted molar refractivity (Wildman–Crippen MR) is 74.7 cm³/mol. The van der Waals surface area contributed by atoms with Crippen LogP contribution >= 0.6 is 11.6 Å². The fourth-order valence-electron chi connectivity index (χ4n) is 1.87. The van der Waals surface area contributed by atoms with Crippen LogP contribution in [0.2, 0.25) is 5.02 Å². The van der Waals surface area contributed by atoms with Crippen molar-refractivity contribution in [2.75, 3.05) is 6.54 Å². The Bertz CT molecular complexity index is 450. The number of rotatable bonds is 6. The van der Waals surface area contributed by atoms with E-state index < -0.39 is 0 Å². The summed E-state index contributed by atoms with van der Waals surface area (Å²) < 4.78 is 2.09. The van der Waals surface area contributed by atoms with E-state index in [9.17, 15) is 0 Å². The number of imidazole rings is 1. The van der Waals surface area contributed by atoms with Crippen molar-refractivity contribution >= 4 is 11.6 Å². The number of benzene rings is 1. The van der Waals surface area contributed by atoms with Gasteiger partial charge in [0.05, 0.1) is 6.33 Å². The number of aryl methyl sites for hydroxylation is 1. The molecular weight excluding hydrogens is 246 g/mol. The monoisotopic (exact) mass is 263 g/mol. The van der Waals surface area contributed by atoms with Gasteiger partial charge >= 0.3 is 0 Å². The van der Waals surface area contributed by atoms with Crippen LogP contribution in [0.4, 0.5) is 0 Å². The summed E-state index contributed by atoms with van der Waals surface area (Å²) in [6, 6.07) is 8.34. The van der Waals surface area contributed by atoms with E-state index in [0.717, 1.165) is 24.5 Å². The van der Waals surface area contributed by atoms with Crippen molar-refractivity contribution in [2.45, 2.75) is 25.9 Å². The molecule has 0 bridgehead atoms. The fraction of sp³-hybridized carbons (Fsp3) is 0.357. The summed E-state index contributed by atoms with van der Waals surface area (Å²) in [6.45, 7) is 4.16. The highest BCUT2D eigenvalue weighted by Crippen LogP contribution is 2.15. The molecule has 0 saturated carbocycles. The molecule has 1 unspecified atom stereocenters. The SMILES string of the molecule is CC(NCCCn1ccnc1)c1ccc(Cl)cc1. The minimum absolute atomic E-state index is 0.352. The molecule has 0 aliphatic carbocycles. The number of hydrogen-bond donors (Lipinski definition) is 1. The van der Waals surface area contributed by atoms with Crippen LogP contribution in [0.15, 0.2) is 43.0 Å². The molecular formula is C14H18ClN3. The molecule has 1 aromatic heterocycles. The second-order valence-corrected chi connectivity index (χ2v) is 4.82. The topological polar surface area (TPSA) is 29.9 Å². The number of halogens is 1. The van der Waals surface area contributed by atoms with Gasteiger partial charge in [0.25, 0.3) is 0 Å². The van der Waals surface area contributed by atoms with Crippen LogP contribution in [0.3, 0.4) is 0 Å². The zero-order valence-corrected chi connectivity index (χ0v) is 11.3. The van der Waals surface area contributed by atoms with Crippen LogP contribution in [-0.2, 0) is 6.54 Å². The Balaban J connectivity index is 1.71. The summed E-state index contributed by atoms with van der Waals surface area (Å²) in [5.41, 5.74) is 1.27. The first kappa shape index (κ1) is 13.1. The Morgan fingerprint density at radius 3 is 2.78 bits per heavy atom. The molecule has 1 aromatic carbocycles. The Hall–Kier alpha value is -1.32. The molecule has 0 radical (unpaired) electrons. The number of aromatic nitrogens is 2. The third-order valence-corrected chi connectivity index (χ3v) is 3.22. The van der Waals surface area contributed by atoms with E-state index in [4.69, 9.17) is 11.6 Å². The van der Waals surface area contributed by atoms with E-state index in [1.165, 1.54) is 5.56 Å². The summed E-state index contributed by atoms with van der Waals surface area (Å²) in [4.78, 5) is 4.02. The lowest BCUT2D eigenvalue weighted by Gasteiger charge is -2.14. The largest absolute Gasteiger partial charge is 0.337 e. The highest BCUT2D eigenvalue weighted by Gasteiger charge is 2.03. The molecule has 2 aromatic rings. The van der Waals surface area contributed by atoms with Gasteiger partial charge in [0.2, 0.25) is 0 Å². The first-order chi connectivity index (χ1) is 8.75. The summed E-state index contributed by atoms with van der Waals surface area (Å²) in [5, 5.41) is 4.29. The van der Waals surface area contributed by atoms with Crippen LogP contribution in [0, 0.1) is 0 Å². The van der Waals surface area contributed by atoms with Crippen LogP contribution in [-0.4, -0.2) is 16.1 Å². The van der Waals surface area contributed by atoms with Gasteiger partial charge in [-0.2, -0.15) is 0 Å². The quantitative estimate of drug-likeness (QED) is 0.811. The van der Waals surface area contributed by atoms with E-state index in [0.29, 0.717) is 6.04 Å². The van der Waals surface area contributed by atoms with Gasteiger partial charge < -0.3 is 9.88 Å². The van der Waals surface area contributed by atoms with Gasteiger partial charge in [-0.05, 0) is 37.6 Å². The van der Waals surface area contributed by atoms with Gasteiger partial charge in [-0.3, -0.25) is 0 Å². The Morgan fingerprint density at radius 1 is 1.33 bits per heavy atom. The number of hydrogen-bond acceptors (Lipinski definition) is 2. The van der Waals surface area contributed by atoms with Crippen molar-refractivity contribution in [3.8, 4) is 0 Å². The van der Waals surface area contributed by atoms with Crippen LogP contribution < -0.4 is 5.32 Å². The van der Waals surface area contributed by atoms with E-state index in [-0.39, 0.29) is 0 Å². The Labute approximate surface area is 113 Å². The maximum absolute atomic E-state index is 5.87. The molecule has 18 heavy (non-hydrogen) atoms. The molecule has 3 nitrogen and oxygen atoms in total. The summed E-state index contributed by atoms with van der Waals surface area (Å²) in [6.07, 6.45) is 6.74. The first-order valence-corrected chi connectivity index (χ1v) is 6.58. The molecule has 0 aliphatic rings. The average Bonchev–Trinajstić information content (AvgIpc) is 2.88. The summed E-state index contributed by atoms with van der Waals surface area (Å²) in [5.74, 6) is 0. The third kappa shape index (κ3) is 3.86. The van der Waals surface area contributed by atoms with E-state index in [1.807, 2.05) is 30.9 Å². The van der Waals surface area contributed by atoms with Crippen molar-refractivity contribution in [1.29, 1.82) is 0 Å². The molecule has 0 amide bonds. The molecule has 1 atom stereocenters. The molecule has 0 fully saturated rings. The predicted octanol–water partition coefficient (Wildman–Crippen LogP) is 3.28. The molecule has 1 heterocycles. The van der Waals surface area contributed by atoms with Gasteiger partial charge in [0.1, 0.15) is 0 Å². The minimum Gasteiger partial charge on any atom is -0.337 e. The van der Waals surface area contributed by atoms with E-state index >= 15 is 0 Å². The minimum atomic E-state index is 0.352. The van der Waals surface area contributed by atoms with Gasteiger partial charge in [-0.1, -0.05) is 23.7 Å². The van der Waals surface area contributed by atoms with Crippen molar-refractivity contribution in [3.05, 3.63) is 53.6 Å². The summed E-state index contributed by atoms with van der Waals surface area (Å²) >= 11 is 5.87. The van der Waals surface area contributed by atoms with E-state index in [1.54, 1.807) is 0 Å². The lowest BCUT2D eigenvalue weighted by Crippen LogP contribution is -2.20. The van der Waals surface area contributed by atoms with Gasteiger partial charge in [-0.15, -0.1) is 0 Å².